The molecule has 1 aromatic carbocycles. The number of carbonyl (C=O) groups excluding carboxylic acids is 3. The van der Waals surface area contributed by atoms with Crippen molar-refractivity contribution in [3.05, 3.63) is 76.6 Å². The van der Waals surface area contributed by atoms with Crippen molar-refractivity contribution in [2.75, 3.05) is 14.1 Å². The van der Waals surface area contributed by atoms with Crippen molar-refractivity contribution < 1.29 is 34.8 Å². The van der Waals surface area contributed by atoms with E-state index in [2.05, 4.69) is 6.58 Å². The van der Waals surface area contributed by atoms with Gasteiger partial charge >= 0.3 is 0 Å². The third-order valence-corrected chi connectivity index (χ3v) is 7.64. The van der Waals surface area contributed by atoms with Gasteiger partial charge in [0.2, 0.25) is 5.78 Å². The summed E-state index contributed by atoms with van der Waals surface area (Å²) in [6.45, 7) is 5.53. The first-order valence-electron chi connectivity index (χ1n) is 11.9. The lowest BCUT2D eigenvalue weighted by atomic mass is 9.57. The zero-order valence-corrected chi connectivity index (χ0v) is 20.9. The standard InChI is InChI=1S/C28H30N2O7/c1-5-7-8-13(6-2)15-9-10-18(31)20-16(15)11-14-12-17-22(30(3)4)24(33)21(27(29)36)26(35)28(17,37)25(34)19(14)23(20)32/h5-10,14,17,22,31-32,35,37H,1,11-12H2,2-4H3,(H2,29,36)/b8-7-,13-6+/t14?,17?,22-,28-/m0/s1. The summed E-state index contributed by atoms with van der Waals surface area (Å²) >= 11 is 0. The normalized spacial score (nSPS) is 27.9. The Morgan fingerprint density at radius 1 is 1.22 bits per heavy atom. The molecule has 4 atom stereocenters. The van der Waals surface area contributed by atoms with E-state index >= 15 is 0 Å². The predicted molar refractivity (Wildman–Crippen MR) is 137 cm³/mol. The first kappa shape index (κ1) is 26.1. The Hall–Kier alpha value is -3.95. The van der Waals surface area contributed by atoms with Gasteiger partial charge in [-0.25, -0.2) is 0 Å². The molecular weight excluding hydrogens is 476 g/mol. The molecule has 1 saturated carbocycles. The molecule has 1 fully saturated rings. The molecule has 0 radical (unpaired) electrons. The molecular formula is C28H30N2O7. The highest BCUT2D eigenvalue weighted by atomic mass is 16.3. The maximum Gasteiger partial charge on any atom is 0.255 e. The van der Waals surface area contributed by atoms with Crippen molar-refractivity contribution in [3.63, 3.8) is 0 Å². The number of primary amides is 1. The van der Waals surface area contributed by atoms with Crippen LogP contribution in [0.15, 0.2) is 59.9 Å². The predicted octanol–water partition coefficient (Wildman–Crippen LogP) is 2.11. The number of nitrogens with two attached hydrogens (primary N) is 1. The number of Topliss-reactive ketones (excluding diaryl/α,β-unsaturated/α-hetero) is 2. The van der Waals surface area contributed by atoms with Crippen LogP contribution in [-0.4, -0.2) is 68.5 Å². The summed E-state index contributed by atoms with van der Waals surface area (Å²) in [5.74, 6) is -6.71. The van der Waals surface area contributed by atoms with Gasteiger partial charge in [-0.05, 0) is 62.5 Å². The summed E-state index contributed by atoms with van der Waals surface area (Å²) in [6, 6.07) is 2.00. The van der Waals surface area contributed by atoms with Crippen LogP contribution in [0.4, 0.5) is 0 Å². The molecule has 2 unspecified atom stereocenters. The minimum Gasteiger partial charge on any atom is -0.508 e. The maximum atomic E-state index is 13.9. The molecule has 1 amide bonds. The second kappa shape index (κ2) is 9.17. The second-order valence-electron chi connectivity index (χ2n) is 9.79. The van der Waals surface area contributed by atoms with Gasteiger partial charge in [-0.2, -0.15) is 0 Å². The van der Waals surface area contributed by atoms with E-state index in [9.17, 15) is 34.8 Å². The van der Waals surface area contributed by atoms with E-state index in [0.717, 1.165) is 11.1 Å². The number of carbonyl (C=O) groups is 3. The fourth-order valence-electron chi connectivity index (χ4n) is 6.03. The van der Waals surface area contributed by atoms with Crippen LogP contribution >= 0.6 is 0 Å². The van der Waals surface area contributed by atoms with Gasteiger partial charge in [-0.15, -0.1) is 0 Å². The van der Waals surface area contributed by atoms with E-state index in [1.54, 1.807) is 32.3 Å². The van der Waals surface area contributed by atoms with E-state index in [0.29, 0.717) is 5.56 Å². The van der Waals surface area contributed by atoms with Gasteiger partial charge in [-0.1, -0.05) is 36.9 Å². The molecule has 0 saturated heterocycles. The quantitative estimate of drug-likeness (QED) is 0.300. The lowest BCUT2D eigenvalue weighted by Crippen LogP contribution is -2.65. The zero-order chi connectivity index (χ0) is 27.4. The van der Waals surface area contributed by atoms with Gasteiger partial charge in [0.15, 0.2) is 11.4 Å². The number of hydrogen-bond donors (Lipinski definition) is 5. The molecule has 6 N–H and O–H groups in total. The number of nitrogens with zero attached hydrogens (tertiary/aromatic N) is 1. The largest absolute Gasteiger partial charge is 0.508 e. The molecule has 3 aliphatic rings. The van der Waals surface area contributed by atoms with Gasteiger partial charge in [0.25, 0.3) is 5.91 Å². The van der Waals surface area contributed by atoms with E-state index < -0.39 is 58.0 Å². The summed E-state index contributed by atoms with van der Waals surface area (Å²) in [5.41, 5.74) is 3.87. The van der Waals surface area contributed by atoms with Crippen LogP contribution in [0, 0.1) is 11.8 Å². The van der Waals surface area contributed by atoms with Crippen LogP contribution < -0.4 is 5.73 Å². The number of aliphatic hydroxyl groups is 3. The highest BCUT2D eigenvalue weighted by molar-refractivity contribution is 6.24. The van der Waals surface area contributed by atoms with Gasteiger partial charge in [0.1, 0.15) is 22.8 Å². The van der Waals surface area contributed by atoms with E-state index in [-0.39, 0.29) is 29.7 Å². The third-order valence-electron chi connectivity index (χ3n) is 7.64. The van der Waals surface area contributed by atoms with Crippen molar-refractivity contribution in [2.24, 2.45) is 17.6 Å². The lowest BCUT2D eigenvalue weighted by Gasteiger charge is -2.50. The summed E-state index contributed by atoms with van der Waals surface area (Å²) in [6.07, 6.45) is 7.32. The number of likely N-dealkylation sites (N-methyl/N-ethyl adjacent to an activating group) is 1. The average molecular weight is 507 g/mol. The number of aromatic hydroxyl groups is 1. The number of phenolic OH excluding ortho intramolecular Hbond substituents is 1. The molecule has 1 aromatic rings. The van der Waals surface area contributed by atoms with Crippen molar-refractivity contribution in [1.82, 2.24) is 4.90 Å². The molecule has 9 heteroatoms. The fourth-order valence-corrected chi connectivity index (χ4v) is 6.03. The van der Waals surface area contributed by atoms with E-state index in [1.165, 1.54) is 11.0 Å². The van der Waals surface area contributed by atoms with Crippen LogP contribution in [0.3, 0.4) is 0 Å². The third kappa shape index (κ3) is 3.65. The van der Waals surface area contributed by atoms with Gasteiger partial charge in [-0.3, -0.25) is 19.3 Å². The van der Waals surface area contributed by atoms with Gasteiger partial charge in [0, 0.05) is 11.5 Å². The number of allylic oxidation sites excluding steroid dienone is 5. The Morgan fingerprint density at radius 3 is 2.46 bits per heavy atom. The highest BCUT2D eigenvalue weighted by Crippen LogP contribution is 2.53. The summed E-state index contributed by atoms with van der Waals surface area (Å²) in [4.78, 5) is 40.6. The molecule has 37 heavy (non-hydrogen) atoms. The minimum absolute atomic E-state index is 0.0362. The molecule has 4 rings (SSSR count). The number of aliphatic hydroxyl groups excluding tert-OH is 2. The molecule has 0 spiro atoms. The summed E-state index contributed by atoms with van der Waals surface area (Å²) < 4.78 is 0. The number of rotatable bonds is 5. The molecule has 0 heterocycles. The second-order valence-corrected chi connectivity index (χ2v) is 9.79. The Bertz CT molecular complexity index is 1360. The van der Waals surface area contributed by atoms with E-state index in [4.69, 9.17) is 5.73 Å². The summed E-state index contributed by atoms with van der Waals surface area (Å²) in [5, 5.41) is 44.5. The van der Waals surface area contributed by atoms with Crippen molar-refractivity contribution in [1.29, 1.82) is 0 Å². The average Bonchev–Trinajstić information content (AvgIpc) is 2.82. The number of benzene rings is 1. The minimum atomic E-state index is -2.65. The van der Waals surface area contributed by atoms with Crippen LogP contribution in [0.5, 0.6) is 5.75 Å². The Labute approximate surface area is 214 Å². The SMILES string of the molecule is C=C/C=C\C(=C/C)c1ccc(O)c2c1CC1CC3[C@H](N(C)C)C(=O)C(C(N)=O)=C(O)[C@@]3(O)C(=O)C1=C2O. The molecule has 194 valence electrons. The fraction of sp³-hybridized carbons (Fsp3) is 0.321. The van der Waals surface area contributed by atoms with Gasteiger partial charge in [0.05, 0.1) is 11.6 Å². The lowest BCUT2D eigenvalue weighted by molar-refractivity contribution is -0.153. The first-order chi connectivity index (χ1) is 17.4. The summed E-state index contributed by atoms with van der Waals surface area (Å²) in [7, 11) is 3.13. The number of amides is 1. The number of fused-ring (bicyclic) bond motifs is 3. The van der Waals surface area contributed by atoms with Crippen LogP contribution in [0.2, 0.25) is 0 Å². The van der Waals surface area contributed by atoms with Crippen molar-refractivity contribution in [3.8, 4) is 5.75 Å². The van der Waals surface area contributed by atoms with Crippen LogP contribution in [-0.2, 0) is 20.8 Å². The monoisotopic (exact) mass is 506 g/mol. The smallest absolute Gasteiger partial charge is 0.255 e. The zero-order valence-electron chi connectivity index (χ0n) is 20.9. The molecule has 9 nitrogen and oxygen atoms in total. The van der Waals surface area contributed by atoms with Crippen LogP contribution in [0.1, 0.15) is 30.0 Å². The first-order valence-corrected chi connectivity index (χ1v) is 11.9. The highest BCUT2D eigenvalue weighted by Gasteiger charge is 2.64. The Morgan fingerprint density at radius 2 is 1.89 bits per heavy atom. The topological polar surface area (TPSA) is 161 Å². The van der Waals surface area contributed by atoms with Crippen molar-refractivity contribution >= 4 is 28.8 Å². The Kier molecular flexibility index (Phi) is 6.47. The van der Waals surface area contributed by atoms with Gasteiger partial charge < -0.3 is 26.2 Å². The number of hydrogen-bond acceptors (Lipinski definition) is 8. The molecule has 0 bridgehead atoms. The molecule has 3 aliphatic carbocycles. The van der Waals surface area contributed by atoms with Crippen molar-refractivity contribution in [2.45, 2.75) is 31.4 Å². The molecule has 0 aliphatic heterocycles. The van der Waals surface area contributed by atoms with Crippen LogP contribution in [0.25, 0.3) is 11.3 Å². The number of phenols is 1. The molecule has 0 aromatic heterocycles. The Balaban J connectivity index is 1.98. The van der Waals surface area contributed by atoms with E-state index in [1.807, 2.05) is 19.1 Å². The number of ketones is 2. The maximum absolute atomic E-state index is 13.9.